The average Bonchev–Trinajstić information content (AvgIpc) is 2.49. The summed E-state index contributed by atoms with van der Waals surface area (Å²) in [6, 6.07) is 2.28. The van der Waals surface area contributed by atoms with Crippen molar-refractivity contribution in [3.05, 3.63) is 0 Å². The first-order valence-corrected chi connectivity index (χ1v) is 5.60. The minimum absolute atomic E-state index is 0.143. The van der Waals surface area contributed by atoms with E-state index in [1.807, 2.05) is 6.07 Å². The molecule has 0 saturated heterocycles. The van der Waals surface area contributed by atoms with Crippen LogP contribution in [0.3, 0.4) is 0 Å². The predicted octanol–water partition coefficient (Wildman–Crippen LogP) is 2.09. The van der Waals surface area contributed by atoms with Crippen molar-refractivity contribution in [1.82, 2.24) is 5.32 Å². The van der Waals surface area contributed by atoms with Crippen LogP contribution in [0, 0.1) is 28.6 Å². The molecule has 3 atom stereocenters. The van der Waals surface area contributed by atoms with Crippen molar-refractivity contribution < 1.29 is 4.79 Å². The van der Waals surface area contributed by atoms with E-state index in [9.17, 15) is 4.79 Å². The maximum Gasteiger partial charge on any atom is 0.240 e. The molecule has 1 N–H and O–H groups in total. The zero-order chi connectivity index (χ0) is 11.6. The number of nitrogens with one attached hydrogen (secondary N) is 1. The second-order valence-corrected chi connectivity index (χ2v) is 5.23. The van der Waals surface area contributed by atoms with E-state index in [4.69, 9.17) is 5.26 Å². The fourth-order valence-corrected chi connectivity index (χ4v) is 1.97. The molecule has 0 radical (unpaired) electrons. The lowest BCUT2D eigenvalue weighted by molar-refractivity contribution is -0.127. The first kappa shape index (κ1) is 12.0. The summed E-state index contributed by atoms with van der Waals surface area (Å²) in [6.45, 7) is 7.70. The molecular formula is C12H20N2O. The molecule has 0 aromatic carbocycles. The van der Waals surface area contributed by atoms with Crippen LogP contribution in [0.5, 0.6) is 0 Å². The van der Waals surface area contributed by atoms with Crippen LogP contribution in [0.1, 0.15) is 40.5 Å². The minimum Gasteiger partial charge on any atom is -0.352 e. The molecule has 0 aromatic heterocycles. The highest BCUT2D eigenvalue weighted by molar-refractivity contribution is 5.84. The molecule has 84 valence electrons. The van der Waals surface area contributed by atoms with Crippen LogP contribution in [-0.2, 0) is 4.79 Å². The van der Waals surface area contributed by atoms with Crippen LogP contribution in [0.4, 0.5) is 0 Å². The number of carbonyl (C=O) groups excluding carboxylic acids is 1. The van der Waals surface area contributed by atoms with Crippen LogP contribution in [0.2, 0.25) is 0 Å². The fraction of sp³-hybridized carbons (Fsp3) is 0.833. The van der Waals surface area contributed by atoms with Gasteiger partial charge in [0.15, 0.2) is 0 Å². The molecule has 3 heteroatoms. The van der Waals surface area contributed by atoms with E-state index in [0.29, 0.717) is 11.8 Å². The second-order valence-electron chi connectivity index (χ2n) is 5.23. The van der Waals surface area contributed by atoms with Gasteiger partial charge in [-0.2, -0.15) is 5.26 Å². The fourth-order valence-electron chi connectivity index (χ4n) is 1.97. The van der Waals surface area contributed by atoms with Crippen LogP contribution in [0.15, 0.2) is 0 Å². The van der Waals surface area contributed by atoms with Crippen LogP contribution in [-0.4, -0.2) is 11.9 Å². The van der Waals surface area contributed by atoms with Crippen molar-refractivity contribution >= 4 is 5.91 Å². The molecule has 0 heterocycles. The van der Waals surface area contributed by atoms with Crippen molar-refractivity contribution in [2.24, 2.45) is 17.3 Å². The van der Waals surface area contributed by atoms with E-state index in [1.165, 1.54) is 6.42 Å². The monoisotopic (exact) mass is 208 g/mol. The molecule has 0 aromatic rings. The van der Waals surface area contributed by atoms with Gasteiger partial charge in [-0.1, -0.05) is 13.8 Å². The highest BCUT2D eigenvalue weighted by Gasteiger charge is 2.35. The largest absolute Gasteiger partial charge is 0.352 e. The van der Waals surface area contributed by atoms with Crippen molar-refractivity contribution in [3.8, 4) is 6.07 Å². The number of hydrogen-bond donors (Lipinski definition) is 1. The number of hydrogen-bond acceptors (Lipinski definition) is 2. The summed E-state index contributed by atoms with van der Waals surface area (Å²) in [5.74, 6) is 1.04. The van der Waals surface area contributed by atoms with E-state index in [-0.39, 0.29) is 11.9 Å². The third-order valence-electron chi connectivity index (χ3n) is 3.63. The van der Waals surface area contributed by atoms with E-state index in [2.05, 4.69) is 19.2 Å². The Morgan fingerprint density at radius 3 is 2.40 bits per heavy atom. The van der Waals surface area contributed by atoms with Crippen LogP contribution < -0.4 is 5.32 Å². The smallest absolute Gasteiger partial charge is 0.240 e. The van der Waals surface area contributed by atoms with Crippen molar-refractivity contribution in [1.29, 1.82) is 5.26 Å². The summed E-state index contributed by atoms with van der Waals surface area (Å²) in [7, 11) is 0. The zero-order valence-corrected chi connectivity index (χ0v) is 10.0. The predicted molar refractivity (Wildman–Crippen MR) is 58.9 cm³/mol. The first-order valence-electron chi connectivity index (χ1n) is 5.60. The normalized spacial score (nSPS) is 31.0. The minimum atomic E-state index is -0.911. The third-order valence-corrected chi connectivity index (χ3v) is 3.63. The van der Waals surface area contributed by atoms with Gasteiger partial charge in [0.2, 0.25) is 5.91 Å². The summed E-state index contributed by atoms with van der Waals surface area (Å²) in [5, 5.41) is 11.8. The van der Waals surface area contributed by atoms with E-state index in [1.54, 1.807) is 13.8 Å². The summed E-state index contributed by atoms with van der Waals surface area (Å²) in [4.78, 5) is 11.8. The maximum absolute atomic E-state index is 11.8. The Hall–Kier alpha value is -1.04. The summed E-state index contributed by atoms with van der Waals surface area (Å²) >= 11 is 0. The van der Waals surface area contributed by atoms with Crippen LogP contribution in [0.25, 0.3) is 0 Å². The van der Waals surface area contributed by atoms with E-state index >= 15 is 0 Å². The topological polar surface area (TPSA) is 52.9 Å². The third kappa shape index (κ3) is 2.50. The molecule has 0 spiro atoms. The Balaban J connectivity index is 2.57. The standard InChI is InChI=1S/C12H20N2O/c1-8-5-6-10(9(8)2)14-11(15)12(3,4)7-13/h8-10H,5-6H2,1-4H3,(H,14,15). The molecule has 1 amide bonds. The molecular weight excluding hydrogens is 188 g/mol. The van der Waals surface area contributed by atoms with Crippen LogP contribution >= 0.6 is 0 Å². The molecule has 1 rings (SSSR count). The Bertz CT molecular complexity index is 290. The summed E-state index contributed by atoms with van der Waals surface area (Å²) < 4.78 is 0. The average molecular weight is 208 g/mol. The number of carbonyl (C=O) groups is 1. The van der Waals surface area contributed by atoms with Gasteiger partial charge in [0.25, 0.3) is 0 Å². The molecule has 15 heavy (non-hydrogen) atoms. The van der Waals surface area contributed by atoms with Gasteiger partial charge in [0, 0.05) is 6.04 Å². The number of rotatable bonds is 2. The second kappa shape index (κ2) is 4.22. The highest BCUT2D eigenvalue weighted by Crippen LogP contribution is 2.31. The van der Waals surface area contributed by atoms with Gasteiger partial charge >= 0.3 is 0 Å². The lowest BCUT2D eigenvalue weighted by atomic mass is 9.92. The van der Waals surface area contributed by atoms with Gasteiger partial charge in [-0.15, -0.1) is 0 Å². The number of nitrogens with zero attached hydrogens (tertiary/aromatic N) is 1. The van der Waals surface area contributed by atoms with Gasteiger partial charge in [0.1, 0.15) is 5.41 Å². The number of amides is 1. The lowest BCUT2D eigenvalue weighted by Crippen LogP contribution is -2.43. The van der Waals surface area contributed by atoms with Crippen molar-refractivity contribution in [3.63, 3.8) is 0 Å². The van der Waals surface area contributed by atoms with Crippen molar-refractivity contribution in [2.45, 2.75) is 46.6 Å². The molecule has 3 unspecified atom stereocenters. The summed E-state index contributed by atoms with van der Waals surface area (Å²) in [6.07, 6.45) is 2.20. The molecule has 1 aliphatic carbocycles. The number of nitriles is 1. The van der Waals surface area contributed by atoms with Gasteiger partial charge in [-0.05, 0) is 38.5 Å². The Kier molecular flexibility index (Phi) is 3.38. The van der Waals surface area contributed by atoms with Gasteiger partial charge in [-0.3, -0.25) is 4.79 Å². The zero-order valence-electron chi connectivity index (χ0n) is 10.0. The maximum atomic E-state index is 11.8. The van der Waals surface area contributed by atoms with Gasteiger partial charge in [0.05, 0.1) is 6.07 Å². The quantitative estimate of drug-likeness (QED) is 0.755. The Morgan fingerprint density at radius 1 is 1.40 bits per heavy atom. The lowest BCUT2D eigenvalue weighted by Gasteiger charge is -2.23. The van der Waals surface area contributed by atoms with E-state index < -0.39 is 5.41 Å². The Labute approximate surface area is 91.9 Å². The highest BCUT2D eigenvalue weighted by atomic mass is 16.2. The Morgan fingerprint density at radius 2 is 2.00 bits per heavy atom. The SMILES string of the molecule is CC1CCC(NC(=O)C(C)(C)C#N)C1C. The molecule has 3 nitrogen and oxygen atoms in total. The van der Waals surface area contributed by atoms with E-state index in [0.717, 1.165) is 6.42 Å². The first-order chi connectivity index (χ1) is 6.88. The molecule has 1 aliphatic rings. The van der Waals surface area contributed by atoms with Gasteiger partial charge in [-0.25, -0.2) is 0 Å². The van der Waals surface area contributed by atoms with Gasteiger partial charge < -0.3 is 5.32 Å². The molecule has 1 fully saturated rings. The molecule has 0 aliphatic heterocycles. The molecule has 0 bridgehead atoms. The summed E-state index contributed by atoms with van der Waals surface area (Å²) in [5.41, 5.74) is -0.911. The molecule has 1 saturated carbocycles. The van der Waals surface area contributed by atoms with Crippen molar-refractivity contribution in [2.75, 3.05) is 0 Å².